The van der Waals surface area contributed by atoms with Gasteiger partial charge in [-0.1, -0.05) is 57.9 Å². The van der Waals surface area contributed by atoms with E-state index in [-0.39, 0.29) is 4.90 Å². The highest BCUT2D eigenvalue weighted by Gasteiger charge is 2.25. The van der Waals surface area contributed by atoms with Crippen LogP contribution in [0.4, 0.5) is 0 Å². The summed E-state index contributed by atoms with van der Waals surface area (Å²) in [5.74, 6) is 0. The van der Waals surface area contributed by atoms with Gasteiger partial charge in [0.05, 0.1) is 21.9 Å². The summed E-state index contributed by atoms with van der Waals surface area (Å²) in [5, 5.41) is 21.2. The average Bonchev–Trinajstić information content (AvgIpc) is 3.18. The number of hydrogen-bond acceptors (Lipinski definition) is 4. The molecule has 4 aromatic rings. The van der Waals surface area contributed by atoms with Crippen LogP contribution in [0.2, 0.25) is 0 Å². The third-order valence-corrected chi connectivity index (χ3v) is 8.04. The van der Waals surface area contributed by atoms with E-state index < -0.39 is 21.5 Å². The predicted molar refractivity (Wildman–Crippen MR) is 133 cm³/mol. The summed E-state index contributed by atoms with van der Waals surface area (Å²) in [6, 6.07) is 21.4. The van der Waals surface area contributed by atoms with Gasteiger partial charge in [-0.25, -0.2) is 12.4 Å². The molecule has 0 fully saturated rings. The van der Waals surface area contributed by atoms with E-state index in [9.17, 15) is 18.8 Å². The van der Waals surface area contributed by atoms with Crippen molar-refractivity contribution in [2.75, 3.05) is 0 Å². The third kappa shape index (κ3) is 4.22. The van der Waals surface area contributed by atoms with Crippen LogP contribution in [0.3, 0.4) is 0 Å². The Morgan fingerprint density at radius 2 is 1.67 bits per heavy atom. The van der Waals surface area contributed by atoms with Crippen molar-refractivity contribution >= 4 is 36.9 Å². The van der Waals surface area contributed by atoms with Crippen molar-refractivity contribution in [3.8, 4) is 6.07 Å². The quantitative estimate of drug-likeness (QED) is 0.357. The summed E-state index contributed by atoms with van der Waals surface area (Å²) in [6.45, 7) is 5.56. The molecule has 0 radical (unpaired) electrons. The number of aliphatic hydroxyl groups excluding tert-OH is 1. The van der Waals surface area contributed by atoms with Gasteiger partial charge in [-0.2, -0.15) is 5.26 Å². The molecule has 1 unspecified atom stereocenters. The summed E-state index contributed by atoms with van der Waals surface area (Å²) in [7, 11) is -3.87. The molecule has 0 aliphatic rings. The number of benzene rings is 3. The zero-order valence-electron chi connectivity index (χ0n) is 18.4. The molecule has 5 nitrogen and oxygen atoms in total. The van der Waals surface area contributed by atoms with Crippen LogP contribution in [0, 0.1) is 18.3 Å². The minimum atomic E-state index is -3.87. The standard InChI is InChI=1S/C26H23BrN2O3S/c1-17-4-11-21(12-5-17)33(31,32)29-15-23(22-14-20(27)10-13-24(22)29)25(30)18-6-8-19(9-7-18)26(2,3)16-28/h4-15,25,30H,1-3H3. The van der Waals surface area contributed by atoms with Crippen LogP contribution in [0.5, 0.6) is 0 Å². The second-order valence-electron chi connectivity index (χ2n) is 8.62. The van der Waals surface area contributed by atoms with Crippen molar-refractivity contribution in [2.45, 2.75) is 37.2 Å². The molecule has 0 spiro atoms. The molecule has 7 heteroatoms. The third-order valence-electron chi connectivity index (χ3n) is 5.86. The van der Waals surface area contributed by atoms with Crippen LogP contribution in [-0.4, -0.2) is 17.5 Å². The SMILES string of the molecule is Cc1ccc(S(=O)(=O)n2cc(C(O)c3ccc(C(C)(C)C#N)cc3)c3cc(Br)ccc32)cc1. The fourth-order valence-corrected chi connectivity index (χ4v) is 5.50. The fraction of sp³-hybridized carbons (Fsp3) is 0.192. The molecule has 0 aliphatic carbocycles. The molecule has 0 amide bonds. The largest absolute Gasteiger partial charge is 0.384 e. The lowest BCUT2D eigenvalue weighted by Crippen LogP contribution is -2.14. The molecule has 0 bridgehead atoms. The first kappa shape index (κ1) is 23.2. The van der Waals surface area contributed by atoms with E-state index in [1.807, 2.05) is 39.0 Å². The van der Waals surface area contributed by atoms with Crippen molar-refractivity contribution in [3.63, 3.8) is 0 Å². The molecule has 33 heavy (non-hydrogen) atoms. The molecule has 4 rings (SSSR count). The van der Waals surface area contributed by atoms with Crippen LogP contribution in [-0.2, 0) is 15.4 Å². The fourth-order valence-electron chi connectivity index (χ4n) is 3.76. The monoisotopic (exact) mass is 522 g/mol. The van der Waals surface area contributed by atoms with Gasteiger partial charge in [0.25, 0.3) is 10.0 Å². The number of nitriles is 1. The Bertz CT molecular complexity index is 1480. The van der Waals surface area contributed by atoms with Crippen molar-refractivity contribution in [1.29, 1.82) is 5.26 Å². The van der Waals surface area contributed by atoms with Gasteiger partial charge >= 0.3 is 0 Å². The highest BCUT2D eigenvalue weighted by Crippen LogP contribution is 2.35. The zero-order chi connectivity index (χ0) is 24.0. The van der Waals surface area contributed by atoms with E-state index in [2.05, 4.69) is 22.0 Å². The maximum Gasteiger partial charge on any atom is 0.268 e. The smallest absolute Gasteiger partial charge is 0.268 e. The van der Waals surface area contributed by atoms with Gasteiger partial charge in [-0.15, -0.1) is 0 Å². The maximum atomic E-state index is 13.4. The number of fused-ring (bicyclic) bond motifs is 1. The second kappa shape index (κ2) is 8.45. The first-order valence-corrected chi connectivity index (χ1v) is 12.6. The normalized spacial score (nSPS) is 13.1. The Labute approximate surface area is 202 Å². The molecular weight excluding hydrogens is 500 g/mol. The highest BCUT2D eigenvalue weighted by atomic mass is 79.9. The molecule has 1 atom stereocenters. The van der Waals surface area contributed by atoms with Gasteiger partial charge in [0, 0.05) is 21.6 Å². The summed E-state index contributed by atoms with van der Waals surface area (Å²) >= 11 is 3.45. The number of rotatable bonds is 5. The Kier molecular flexibility index (Phi) is 5.95. The van der Waals surface area contributed by atoms with E-state index in [0.29, 0.717) is 22.0 Å². The van der Waals surface area contributed by atoms with Crippen LogP contribution in [0.25, 0.3) is 10.9 Å². The molecule has 3 aromatic carbocycles. The minimum absolute atomic E-state index is 0.178. The van der Waals surface area contributed by atoms with Gasteiger partial charge in [0.2, 0.25) is 0 Å². The van der Waals surface area contributed by atoms with Crippen molar-refractivity contribution in [1.82, 2.24) is 3.97 Å². The molecular formula is C26H23BrN2O3S. The zero-order valence-corrected chi connectivity index (χ0v) is 20.9. The minimum Gasteiger partial charge on any atom is -0.384 e. The Balaban J connectivity index is 1.85. The number of halogens is 1. The van der Waals surface area contributed by atoms with Gasteiger partial charge < -0.3 is 5.11 Å². The number of aromatic nitrogens is 1. The molecule has 0 aliphatic heterocycles. The first-order valence-electron chi connectivity index (χ1n) is 10.4. The number of aliphatic hydroxyl groups is 1. The second-order valence-corrected chi connectivity index (χ2v) is 11.4. The van der Waals surface area contributed by atoms with Crippen LogP contribution in [0.15, 0.2) is 82.3 Å². The lowest BCUT2D eigenvalue weighted by atomic mass is 9.85. The van der Waals surface area contributed by atoms with Crippen molar-refractivity contribution in [3.05, 3.63) is 99.7 Å². The topological polar surface area (TPSA) is 83.1 Å². The molecule has 1 aromatic heterocycles. The van der Waals surface area contributed by atoms with Gasteiger partial charge in [0.1, 0.15) is 6.10 Å². The molecule has 0 saturated heterocycles. The van der Waals surface area contributed by atoms with E-state index in [1.54, 1.807) is 48.5 Å². The molecule has 168 valence electrons. The van der Waals surface area contributed by atoms with Crippen LogP contribution < -0.4 is 0 Å². The maximum absolute atomic E-state index is 13.4. The molecule has 0 saturated carbocycles. The van der Waals surface area contributed by atoms with Crippen molar-refractivity contribution in [2.24, 2.45) is 0 Å². The molecule has 1 N–H and O–H groups in total. The van der Waals surface area contributed by atoms with Gasteiger partial charge in [-0.05, 0) is 62.2 Å². The summed E-state index contributed by atoms with van der Waals surface area (Å²) < 4.78 is 28.9. The van der Waals surface area contributed by atoms with Crippen LogP contribution in [0.1, 0.15) is 42.2 Å². The summed E-state index contributed by atoms with van der Waals surface area (Å²) in [6.07, 6.45) is 0.444. The first-order chi connectivity index (χ1) is 15.5. The lowest BCUT2D eigenvalue weighted by Gasteiger charge is -2.17. The van der Waals surface area contributed by atoms with Gasteiger partial charge in [0.15, 0.2) is 0 Å². The predicted octanol–water partition coefficient (Wildman–Crippen LogP) is 5.83. The highest BCUT2D eigenvalue weighted by molar-refractivity contribution is 9.10. The summed E-state index contributed by atoms with van der Waals surface area (Å²) in [4.78, 5) is 0.178. The lowest BCUT2D eigenvalue weighted by molar-refractivity contribution is 0.222. The molecule has 1 heterocycles. The average molecular weight is 523 g/mol. The van der Waals surface area contributed by atoms with Gasteiger partial charge in [-0.3, -0.25) is 0 Å². The Morgan fingerprint density at radius 1 is 1.03 bits per heavy atom. The van der Waals surface area contributed by atoms with Crippen molar-refractivity contribution < 1.29 is 13.5 Å². The van der Waals surface area contributed by atoms with E-state index in [0.717, 1.165) is 15.6 Å². The number of nitrogens with zero attached hydrogens (tertiary/aromatic N) is 2. The Morgan fingerprint density at radius 3 is 2.27 bits per heavy atom. The number of hydrogen-bond donors (Lipinski definition) is 1. The van der Waals surface area contributed by atoms with Crippen LogP contribution >= 0.6 is 15.9 Å². The Hall–Kier alpha value is -2.92. The number of aryl methyl sites for hydroxylation is 1. The summed E-state index contributed by atoms with van der Waals surface area (Å²) in [5.41, 5.74) is 2.73. The van der Waals surface area contributed by atoms with E-state index in [1.165, 1.54) is 10.2 Å². The van der Waals surface area contributed by atoms with E-state index >= 15 is 0 Å². The van der Waals surface area contributed by atoms with E-state index in [4.69, 9.17) is 0 Å².